The van der Waals surface area contributed by atoms with Crippen molar-refractivity contribution in [3.63, 3.8) is 0 Å². The number of nitrogens with zero attached hydrogens (tertiary/aromatic N) is 1. The first-order valence-corrected chi connectivity index (χ1v) is 6.68. The highest BCUT2D eigenvalue weighted by Crippen LogP contribution is 2.39. The van der Waals surface area contributed by atoms with Gasteiger partial charge in [-0.3, -0.25) is 4.79 Å². The van der Waals surface area contributed by atoms with Crippen LogP contribution in [0.3, 0.4) is 0 Å². The summed E-state index contributed by atoms with van der Waals surface area (Å²) in [5.41, 5.74) is 0.682. The summed E-state index contributed by atoms with van der Waals surface area (Å²) >= 11 is 1.71. The fraction of sp³-hybridized carbons (Fsp3) is 0.462. The van der Waals surface area contributed by atoms with Crippen molar-refractivity contribution in [2.45, 2.75) is 24.8 Å². The lowest BCUT2D eigenvalue weighted by molar-refractivity contribution is 0.0540. The van der Waals surface area contributed by atoms with E-state index in [-0.39, 0.29) is 23.4 Å². The van der Waals surface area contributed by atoms with Crippen LogP contribution in [-0.4, -0.2) is 39.2 Å². The third-order valence-electron chi connectivity index (χ3n) is 3.02. The molecule has 1 aromatic carbocycles. The molecule has 0 aromatic heterocycles. The van der Waals surface area contributed by atoms with Gasteiger partial charge in [0.05, 0.1) is 17.5 Å². The predicted octanol–water partition coefficient (Wildman–Crippen LogP) is 1.97. The van der Waals surface area contributed by atoms with Crippen LogP contribution in [-0.2, 0) is 0 Å². The van der Waals surface area contributed by atoms with Crippen molar-refractivity contribution in [2.24, 2.45) is 0 Å². The van der Waals surface area contributed by atoms with Crippen LogP contribution in [0.5, 0.6) is 0 Å². The molecule has 4 heteroatoms. The number of amides is 1. The Kier molecular flexibility index (Phi) is 3.45. The van der Waals surface area contributed by atoms with E-state index in [2.05, 4.69) is 0 Å². The van der Waals surface area contributed by atoms with E-state index in [1.807, 2.05) is 44.2 Å². The van der Waals surface area contributed by atoms with E-state index in [0.29, 0.717) is 5.56 Å². The van der Waals surface area contributed by atoms with Gasteiger partial charge in [0, 0.05) is 11.3 Å². The van der Waals surface area contributed by atoms with Gasteiger partial charge in [0.1, 0.15) is 0 Å². The second-order valence-electron chi connectivity index (χ2n) is 4.64. The minimum Gasteiger partial charge on any atom is -0.394 e. The Hall–Kier alpha value is -1.00. The second-order valence-corrected chi connectivity index (χ2v) is 6.26. The molecule has 3 nitrogen and oxygen atoms in total. The normalized spacial score (nSPS) is 22.8. The summed E-state index contributed by atoms with van der Waals surface area (Å²) < 4.78 is 0. The highest BCUT2D eigenvalue weighted by atomic mass is 32.2. The molecule has 1 saturated heterocycles. The van der Waals surface area contributed by atoms with E-state index in [9.17, 15) is 9.90 Å². The molecule has 2 rings (SSSR count). The molecule has 1 N–H and O–H groups in total. The smallest absolute Gasteiger partial charge is 0.255 e. The fourth-order valence-electron chi connectivity index (χ4n) is 2.15. The highest BCUT2D eigenvalue weighted by molar-refractivity contribution is 8.00. The summed E-state index contributed by atoms with van der Waals surface area (Å²) in [5, 5.41) is 9.36. The lowest BCUT2D eigenvalue weighted by Gasteiger charge is -2.34. The number of aliphatic hydroxyl groups is 1. The molecule has 0 saturated carbocycles. The average Bonchev–Trinajstić information content (AvgIpc) is 2.64. The maximum Gasteiger partial charge on any atom is 0.255 e. The van der Waals surface area contributed by atoms with Gasteiger partial charge in [-0.15, -0.1) is 11.8 Å². The molecule has 1 aromatic rings. The molecule has 1 aliphatic heterocycles. The number of carbonyl (C=O) groups excluding carboxylic acids is 1. The highest BCUT2D eigenvalue weighted by Gasteiger charge is 2.42. The second kappa shape index (κ2) is 4.70. The van der Waals surface area contributed by atoms with Gasteiger partial charge in [0.25, 0.3) is 5.91 Å². The van der Waals surface area contributed by atoms with Gasteiger partial charge in [0.15, 0.2) is 0 Å². The quantitative estimate of drug-likeness (QED) is 0.873. The molecule has 17 heavy (non-hydrogen) atoms. The number of hydrogen-bond donors (Lipinski definition) is 1. The van der Waals surface area contributed by atoms with E-state index >= 15 is 0 Å². The van der Waals surface area contributed by atoms with E-state index in [1.165, 1.54) is 0 Å². The van der Waals surface area contributed by atoms with Crippen LogP contribution < -0.4 is 0 Å². The Morgan fingerprint density at radius 1 is 1.47 bits per heavy atom. The average molecular weight is 251 g/mol. The third-order valence-corrected chi connectivity index (χ3v) is 4.48. The van der Waals surface area contributed by atoms with Crippen molar-refractivity contribution in [3.8, 4) is 0 Å². The van der Waals surface area contributed by atoms with Gasteiger partial charge in [-0.05, 0) is 26.0 Å². The molecule has 0 unspecified atom stereocenters. The maximum atomic E-state index is 12.4. The van der Waals surface area contributed by atoms with Crippen LogP contribution >= 0.6 is 11.8 Å². The molecule has 92 valence electrons. The van der Waals surface area contributed by atoms with Gasteiger partial charge in [-0.2, -0.15) is 0 Å². The number of rotatable bonds is 2. The number of hydrogen-bond acceptors (Lipinski definition) is 3. The van der Waals surface area contributed by atoms with Crippen molar-refractivity contribution in [1.29, 1.82) is 0 Å². The molecule has 1 atom stereocenters. The number of benzene rings is 1. The first kappa shape index (κ1) is 12.5. The first-order valence-electron chi connectivity index (χ1n) is 5.70. The number of aliphatic hydroxyl groups excluding tert-OH is 1. The zero-order valence-electron chi connectivity index (χ0n) is 10.1. The SMILES string of the molecule is CC1(C)SC[C@@H](CO)N1C(=O)c1ccccc1. The summed E-state index contributed by atoms with van der Waals surface area (Å²) in [6, 6.07) is 9.16. The lowest BCUT2D eigenvalue weighted by Crippen LogP contribution is -2.48. The summed E-state index contributed by atoms with van der Waals surface area (Å²) in [6.45, 7) is 4.07. The minimum atomic E-state index is -0.250. The summed E-state index contributed by atoms with van der Waals surface area (Å²) in [4.78, 5) is 14.0. The van der Waals surface area contributed by atoms with Crippen LogP contribution in [0.4, 0.5) is 0 Å². The monoisotopic (exact) mass is 251 g/mol. The number of carbonyl (C=O) groups is 1. The van der Waals surface area contributed by atoms with Crippen LogP contribution in [0, 0.1) is 0 Å². The Balaban J connectivity index is 2.29. The Morgan fingerprint density at radius 2 is 2.12 bits per heavy atom. The lowest BCUT2D eigenvalue weighted by atomic mass is 10.1. The Morgan fingerprint density at radius 3 is 2.71 bits per heavy atom. The standard InChI is InChI=1S/C13H17NO2S/c1-13(2)14(11(8-15)9-17-13)12(16)10-6-4-3-5-7-10/h3-7,11,15H,8-9H2,1-2H3/t11-/m1/s1. The van der Waals surface area contributed by atoms with E-state index in [1.54, 1.807) is 16.7 Å². The fourth-order valence-corrected chi connectivity index (χ4v) is 3.37. The van der Waals surface area contributed by atoms with E-state index in [4.69, 9.17) is 0 Å². The zero-order chi connectivity index (χ0) is 12.5. The molecule has 1 amide bonds. The molecule has 0 radical (unpaired) electrons. The van der Waals surface area contributed by atoms with Crippen molar-refractivity contribution >= 4 is 17.7 Å². The summed E-state index contributed by atoms with van der Waals surface area (Å²) in [6.07, 6.45) is 0. The van der Waals surface area contributed by atoms with Crippen molar-refractivity contribution in [1.82, 2.24) is 4.90 Å². The van der Waals surface area contributed by atoms with E-state index < -0.39 is 0 Å². The van der Waals surface area contributed by atoms with Crippen LogP contribution in [0.1, 0.15) is 24.2 Å². The molecule has 1 heterocycles. The topological polar surface area (TPSA) is 40.5 Å². The number of thioether (sulfide) groups is 1. The van der Waals surface area contributed by atoms with Gasteiger partial charge < -0.3 is 10.0 Å². The molecule has 0 aliphatic carbocycles. The van der Waals surface area contributed by atoms with Gasteiger partial charge >= 0.3 is 0 Å². The zero-order valence-corrected chi connectivity index (χ0v) is 10.9. The molecule has 0 bridgehead atoms. The Bertz CT molecular complexity index is 405. The molecular weight excluding hydrogens is 234 g/mol. The molecule has 1 aliphatic rings. The van der Waals surface area contributed by atoms with Crippen LogP contribution in [0.25, 0.3) is 0 Å². The largest absolute Gasteiger partial charge is 0.394 e. The van der Waals surface area contributed by atoms with Crippen molar-refractivity contribution in [2.75, 3.05) is 12.4 Å². The summed E-state index contributed by atoms with van der Waals surface area (Å²) in [5.74, 6) is 0.793. The van der Waals surface area contributed by atoms with Gasteiger partial charge in [-0.1, -0.05) is 18.2 Å². The maximum absolute atomic E-state index is 12.4. The predicted molar refractivity (Wildman–Crippen MR) is 70.0 cm³/mol. The molecular formula is C13H17NO2S. The molecule has 0 spiro atoms. The van der Waals surface area contributed by atoms with Crippen LogP contribution in [0.15, 0.2) is 30.3 Å². The minimum absolute atomic E-state index is 0.000324. The van der Waals surface area contributed by atoms with Gasteiger partial charge in [0.2, 0.25) is 0 Å². The first-order chi connectivity index (χ1) is 8.06. The van der Waals surface area contributed by atoms with Crippen LogP contribution in [0.2, 0.25) is 0 Å². The van der Waals surface area contributed by atoms with Crippen molar-refractivity contribution in [3.05, 3.63) is 35.9 Å². The Labute approximate surface area is 106 Å². The van der Waals surface area contributed by atoms with E-state index in [0.717, 1.165) is 5.75 Å². The van der Waals surface area contributed by atoms with Crippen molar-refractivity contribution < 1.29 is 9.90 Å². The van der Waals surface area contributed by atoms with Gasteiger partial charge in [-0.25, -0.2) is 0 Å². The summed E-state index contributed by atoms with van der Waals surface area (Å²) in [7, 11) is 0. The molecule has 1 fully saturated rings. The third kappa shape index (κ3) is 2.33.